The Labute approximate surface area is 99.0 Å². The summed E-state index contributed by atoms with van der Waals surface area (Å²) < 4.78 is 0. The molecule has 3 aliphatic rings. The van der Waals surface area contributed by atoms with E-state index in [0.717, 1.165) is 24.5 Å². The van der Waals surface area contributed by atoms with Crippen LogP contribution >= 0.6 is 0 Å². The molecule has 3 atom stereocenters. The topological polar surface area (TPSA) is 32.5 Å². The maximum Gasteiger partial charge on any atom is 0.0263 e. The van der Waals surface area contributed by atoms with Crippen LogP contribution < -0.4 is 5.73 Å². The summed E-state index contributed by atoms with van der Waals surface area (Å²) in [6.45, 7) is 6.18. The van der Waals surface area contributed by atoms with E-state index in [4.69, 9.17) is 5.73 Å². The zero-order chi connectivity index (χ0) is 11.0. The smallest absolute Gasteiger partial charge is 0.0263 e. The molecule has 16 heavy (non-hydrogen) atoms. The maximum absolute atomic E-state index is 5.83. The van der Waals surface area contributed by atoms with E-state index in [0.29, 0.717) is 0 Å². The predicted molar refractivity (Wildman–Crippen MR) is 66.4 cm³/mol. The van der Waals surface area contributed by atoms with Crippen molar-refractivity contribution in [3.8, 4) is 0 Å². The highest BCUT2D eigenvalue weighted by molar-refractivity contribution is 4.97. The van der Waals surface area contributed by atoms with Crippen molar-refractivity contribution in [1.82, 2.24) is 9.80 Å². The molecular formula is C13H25N3. The van der Waals surface area contributed by atoms with Crippen LogP contribution in [0.15, 0.2) is 0 Å². The van der Waals surface area contributed by atoms with Crippen molar-refractivity contribution in [3.05, 3.63) is 0 Å². The summed E-state index contributed by atoms with van der Waals surface area (Å²) in [5.41, 5.74) is 5.83. The third kappa shape index (κ3) is 1.89. The normalized spacial score (nSPS) is 41.4. The van der Waals surface area contributed by atoms with Gasteiger partial charge in [0.2, 0.25) is 0 Å². The molecule has 0 aromatic heterocycles. The number of nitrogens with two attached hydrogens (primary N) is 1. The van der Waals surface area contributed by atoms with Crippen molar-refractivity contribution in [2.24, 2.45) is 11.7 Å². The van der Waals surface area contributed by atoms with Crippen molar-refractivity contribution in [1.29, 1.82) is 0 Å². The predicted octanol–water partition coefficient (Wildman–Crippen LogP) is 0.894. The van der Waals surface area contributed by atoms with Crippen LogP contribution in [0.2, 0.25) is 0 Å². The molecule has 0 spiro atoms. The van der Waals surface area contributed by atoms with Crippen LogP contribution in [0.3, 0.4) is 0 Å². The van der Waals surface area contributed by atoms with E-state index >= 15 is 0 Å². The zero-order valence-corrected chi connectivity index (χ0v) is 10.3. The summed E-state index contributed by atoms with van der Waals surface area (Å²) in [5, 5.41) is 0. The Bertz CT molecular complexity index is 243. The van der Waals surface area contributed by atoms with E-state index in [1.54, 1.807) is 0 Å². The van der Waals surface area contributed by atoms with Gasteiger partial charge >= 0.3 is 0 Å². The first kappa shape index (κ1) is 11.0. The fraction of sp³-hybridized carbons (Fsp3) is 1.00. The van der Waals surface area contributed by atoms with Gasteiger partial charge in [-0.25, -0.2) is 0 Å². The standard InChI is InChI=1S/C13H25N3/c14-9-11-3-1-7-16(10-11)13-5-8-15-6-2-4-12(13)15/h11-13H,1-10,14H2. The Balaban J connectivity index is 1.63. The highest BCUT2D eigenvalue weighted by Crippen LogP contribution is 2.33. The van der Waals surface area contributed by atoms with Gasteiger partial charge in [0.15, 0.2) is 0 Å². The summed E-state index contributed by atoms with van der Waals surface area (Å²) in [7, 11) is 0. The van der Waals surface area contributed by atoms with Gasteiger partial charge in [0.1, 0.15) is 0 Å². The molecule has 3 aliphatic heterocycles. The Morgan fingerprint density at radius 3 is 2.50 bits per heavy atom. The average Bonchev–Trinajstić information content (AvgIpc) is 2.90. The number of hydrogen-bond acceptors (Lipinski definition) is 3. The van der Waals surface area contributed by atoms with Gasteiger partial charge in [0, 0.05) is 25.2 Å². The van der Waals surface area contributed by atoms with Crippen LogP contribution in [0.5, 0.6) is 0 Å². The van der Waals surface area contributed by atoms with E-state index < -0.39 is 0 Å². The van der Waals surface area contributed by atoms with Crippen molar-refractivity contribution in [2.75, 3.05) is 32.7 Å². The summed E-state index contributed by atoms with van der Waals surface area (Å²) in [6, 6.07) is 1.74. The summed E-state index contributed by atoms with van der Waals surface area (Å²) in [4.78, 5) is 5.48. The average molecular weight is 223 g/mol. The first-order chi connectivity index (χ1) is 7.88. The molecule has 3 saturated heterocycles. The fourth-order valence-corrected chi connectivity index (χ4v) is 4.07. The lowest BCUT2D eigenvalue weighted by Gasteiger charge is -2.38. The number of nitrogens with zero attached hydrogens (tertiary/aromatic N) is 2. The van der Waals surface area contributed by atoms with Crippen LogP contribution in [0.25, 0.3) is 0 Å². The Kier molecular flexibility index (Phi) is 3.18. The number of piperidine rings is 1. The fourth-order valence-electron chi connectivity index (χ4n) is 4.07. The van der Waals surface area contributed by atoms with E-state index in [2.05, 4.69) is 9.80 Å². The minimum Gasteiger partial charge on any atom is -0.330 e. The monoisotopic (exact) mass is 223 g/mol. The van der Waals surface area contributed by atoms with E-state index in [1.807, 2.05) is 0 Å². The molecule has 0 saturated carbocycles. The van der Waals surface area contributed by atoms with Gasteiger partial charge in [-0.3, -0.25) is 9.80 Å². The number of hydrogen-bond donors (Lipinski definition) is 1. The van der Waals surface area contributed by atoms with Gasteiger partial charge in [-0.05, 0) is 57.7 Å². The third-order valence-electron chi connectivity index (χ3n) is 4.92. The Hall–Kier alpha value is -0.120. The maximum atomic E-state index is 5.83. The SMILES string of the molecule is NCC1CCCN(C2CCN3CCCC23)C1. The molecule has 3 nitrogen and oxygen atoms in total. The molecule has 0 aromatic rings. The minimum absolute atomic E-state index is 0.768. The van der Waals surface area contributed by atoms with Crippen LogP contribution in [0, 0.1) is 5.92 Å². The lowest BCUT2D eigenvalue weighted by molar-refractivity contribution is 0.105. The molecule has 0 amide bonds. The van der Waals surface area contributed by atoms with Gasteiger partial charge in [0.05, 0.1) is 0 Å². The number of likely N-dealkylation sites (tertiary alicyclic amines) is 1. The van der Waals surface area contributed by atoms with E-state index in [1.165, 1.54) is 58.3 Å². The molecule has 3 unspecified atom stereocenters. The molecular weight excluding hydrogens is 198 g/mol. The second-order valence-electron chi connectivity index (χ2n) is 5.84. The van der Waals surface area contributed by atoms with Crippen molar-refractivity contribution in [3.63, 3.8) is 0 Å². The van der Waals surface area contributed by atoms with Gasteiger partial charge in [-0.15, -0.1) is 0 Å². The molecule has 0 bridgehead atoms. The van der Waals surface area contributed by atoms with Crippen molar-refractivity contribution >= 4 is 0 Å². The molecule has 3 fully saturated rings. The summed E-state index contributed by atoms with van der Waals surface area (Å²) in [5.74, 6) is 0.768. The molecule has 92 valence electrons. The largest absolute Gasteiger partial charge is 0.330 e. The Morgan fingerprint density at radius 2 is 1.62 bits per heavy atom. The highest BCUT2D eigenvalue weighted by Gasteiger charge is 2.40. The van der Waals surface area contributed by atoms with E-state index in [9.17, 15) is 0 Å². The number of fused-ring (bicyclic) bond motifs is 1. The van der Waals surface area contributed by atoms with Gasteiger partial charge in [0.25, 0.3) is 0 Å². The lowest BCUT2D eigenvalue weighted by atomic mass is 9.94. The van der Waals surface area contributed by atoms with Crippen LogP contribution in [-0.2, 0) is 0 Å². The highest BCUT2D eigenvalue weighted by atomic mass is 15.3. The Morgan fingerprint density at radius 1 is 0.875 bits per heavy atom. The second kappa shape index (κ2) is 4.63. The third-order valence-corrected chi connectivity index (χ3v) is 4.92. The van der Waals surface area contributed by atoms with Gasteiger partial charge < -0.3 is 5.73 Å². The minimum atomic E-state index is 0.768. The first-order valence-corrected chi connectivity index (χ1v) is 7.06. The molecule has 0 radical (unpaired) electrons. The van der Waals surface area contributed by atoms with Gasteiger partial charge in [-0.2, -0.15) is 0 Å². The summed E-state index contributed by atoms with van der Waals surface area (Å²) in [6.07, 6.45) is 6.99. The number of rotatable bonds is 2. The van der Waals surface area contributed by atoms with Gasteiger partial charge in [-0.1, -0.05) is 0 Å². The van der Waals surface area contributed by atoms with Crippen LogP contribution in [0.1, 0.15) is 32.1 Å². The van der Waals surface area contributed by atoms with Crippen LogP contribution in [-0.4, -0.2) is 54.6 Å². The van der Waals surface area contributed by atoms with Crippen molar-refractivity contribution < 1.29 is 0 Å². The molecule has 3 heteroatoms. The van der Waals surface area contributed by atoms with Crippen LogP contribution in [0.4, 0.5) is 0 Å². The molecule has 0 aliphatic carbocycles. The molecule has 3 heterocycles. The molecule has 3 rings (SSSR count). The zero-order valence-electron chi connectivity index (χ0n) is 10.3. The van der Waals surface area contributed by atoms with E-state index in [-0.39, 0.29) is 0 Å². The quantitative estimate of drug-likeness (QED) is 0.755. The molecule has 2 N–H and O–H groups in total. The van der Waals surface area contributed by atoms with Crippen molar-refractivity contribution in [2.45, 2.75) is 44.2 Å². The first-order valence-electron chi connectivity index (χ1n) is 7.06. The molecule has 0 aromatic carbocycles. The summed E-state index contributed by atoms with van der Waals surface area (Å²) >= 11 is 0. The second-order valence-corrected chi connectivity index (χ2v) is 5.84. The lowest BCUT2D eigenvalue weighted by Crippen LogP contribution is -2.48.